The van der Waals surface area contributed by atoms with Crippen LogP contribution in [0, 0.1) is 33.5 Å². The quantitative estimate of drug-likeness (QED) is 0.900. The molecule has 18 heavy (non-hydrogen) atoms. The summed E-state index contributed by atoms with van der Waals surface area (Å²) in [6.07, 6.45) is -0.934. The zero-order valence-electron chi connectivity index (χ0n) is 10.9. The van der Waals surface area contributed by atoms with E-state index in [4.69, 9.17) is 0 Å². The molecule has 1 N–H and O–H groups in total. The fourth-order valence-corrected chi connectivity index (χ4v) is 3.13. The average molecular weight is 265 g/mol. The third kappa shape index (κ3) is 2.31. The molecule has 0 aliphatic rings. The molecule has 0 radical (unpaired) electrons. The van der Waals surface area contributed by atoms with Crippen molar-refractivity contribution in [2.75, 3.05) is 0 Å². The van der Waals surface area contributed by atoms with E-state index in [2.05, 4.69) is 4.98 Å². The fraction of sp³-hybridized carbons (Fsp3) is 0.357. The lowest BCUT2D eigenvalue weighted by atomic mass is 9.99. The fourth-order valence-electron chi connectivity index (χ4n) is 2.21. The van der Waals surface area contributed by atoms with Gasteiger partial charge in [-0.1, -0.05) is 6.07 Å². The summed E-state index contributed by atoms with van der Waals surface area (Å²) in [6.45, 7) is 7.38. The van der Waals surface area contributed by atoms with Crippen LogP contribution in [0.2, 0.25) is 0 Å². The van der Waals surface area contributed by atoms with Crippen molar-refractivity contribution in [2.45, 2.75) is 33.8 Å². The first-order chi connectivity index (χ1) is 8.40. The highest BCUT2D eigenvalue weighted by Crippen LogP contribution is 2.33. The molecule has 1 aromatic heterocycles. The van der Waals surface area contributed by atoms with Crippen LogP contribution in [0.15, 0.2) is 12.1 Å². The van der Waals surface area contributed by atoms with Gasteiger partial charge in [-0.05, 0) is 44.9 Å². The minimum absolute atomic E-state index is 0.354. The lowest BCUT2D eigenvalue weighted by molar-refractivity contribution is 0.217. The van der Waals surface area contributed by atoms with Gasteiger partial charge in [0.15, 0.2) is 0 Å². The molecule has 0 fully saturated rings. The van der Waals surface area contributed by atoms with Crippen molar-refractivity contribution in [1.29, 1.82) is 0 Å². The summed E-state index contributed by atoms with van der Waals surface area (Å²) in [5.74, 6) is -0.356. The number of aryl methyl sites for hydroxylation is 4. The van der Waals surface area contributed by atoms with E-state index < -0.39 is 6.10 Å². The first kappa shape index (κ1) is 13.2. The first-order valence-corrected chi connectivity index (χ1v) is 6.60. The van der Waals surface area contributed by atoms with Crippen LogP contribution in [-0.4, -0.2) is 10.1 Å². The maximum Gasteiger partial charge on any atom is 0.129 e. The van der Waals surface area contributed by atoms with Crippen molar-refractivity contribution in [2.24, 2.45) is 0 Å². The van der Waals surface area contributed by atoms with Crippen LogP contribution in [0.5, 0.6) is 0 Å². The Labute approximate surface area is 110 Å². The molecule has 2 rings (SSSR count). The molecule has 1 atom stereocenters. The van der Waals surface area contributed by atoms with Gasteiger partial charge >= 0.3 is 0 Å². The minimum Gasteiger partial charge on any atom is -0.383 e. The SMILES string of the molecule is Cc1cc(C)c(C(O)c2sc(C)nc2C)c(F)c1. The van der Waals surface area contributed by atoms with Gasteiger partial charge in [0.2, 0.25) is 0 Å². The third-order valence-corrected chi connectivity index (χ3v) is 4.07. The molecule has 0 saturated heterocycles. The predicted molar refractivity (Wildman–Crippen MR) is 71.5 cm³/mol. The monoisotopic (exact) mass is 265 g/mol. The Hall–Kier alpha value is -1.26. The maximum atomic E-state index is 14.0. The molecule has 0 spiro atoms. The summed E-state index contributed by atoms with van der Waals surface area (Å²) in [7, 11) is 0. The van der Waals surface area contributed by atoms with Crippen molar-refractivity contribution in [3.05, 3.63) is 50.2 Å². The summed E-state index contributed by atoms with van der Waals surface area (Å²) in [4.78, 5) is 4.99. The smallest absolute Gasteiger partial charge is 0.129 e. The van der Waals surface area contributed by atoms with Crippen molar-refractivity contribution in [1.82, 2.24) is 4.98 Å². The molecule has 1 unspecified atom stereocenters. The topological polar surface area (TPSA) is 33.1 Å². The van der Waals surface area contributed by atoms with Gasteiger partial charge in [-0.15, -0.1) is 11.3 Å². The molecule has 0 amide bonds. The van der Waals surface area contributed by atoms with Gasteiger partial charge < -0.3 is 5.11 Å². The van der Waals surface area contributed by atoms with Crippen molar-refractivity contribution >= 4 is 11.3 Å². The van der Waals surface area contributed by atoms with Gasteiger partial charge in [0.05, 0.1) is 15.6 Å². The van der Waals surface area contributed by atoms with Crippen molar-refractivity contribution in [3.63, 3.8) is 0 Å². The van der Waals surface area contributed by atoms with Gasteiger partial charge in [-0.25, -0.2) is 9.37 Å². The van der Waals surface area contributed by atoms with Gasteiger partial charge in [-0.2, -0.15) is 0 Å². The van der Waals surface area contributed by atoms with Crippen LogP contribution in [0.1, 0.15) is 38.4 Å². The zero-order chi connectivity index (χ0) is 13.4. The summed E-state index contributed by atoms with van der Waals surface area (Å²) < 4.78 is 14.0. The van der Waals surface area contributed by atoms with Gasteiger partial charge in [-0.3, -0.25) is 0 Å². The van der Waals surface area contributed by atoms with Gasteiger partial charge in [0.25, 0.3) is 0 Å². The number of rotatable bonds is 2. The first-order valence-electron chi connectivity index (χ1n) is 5.78. The Morgan fingerprint density at radius 1 is 1.22 bits per heavy atom. The van der Waals surface area contributed by atoms with Crippen LogP contribution in [0.4, 0.5) is 4.39 Å². The zero-order valence-corrected chi connectivity index (χ0v) is 11.7. The van der Waals surface area contributed by atoms with E-state index in [0.717, 1.165) is 26.7 Å². The lowest BCUT2D eigenvalue weighted by Gasteiger charge is -2.14. The molecule has 0 saturated carbocycles. The van der Waals surface area contributed by atoms with Crippen LogP contribution in [0.3, 0.4) is 0 Å². The second kappa shape index (κ2) is 4.78. The molecule has 2 nitrogen and oxygen atoms in total. The molecule has 0 aliphatic heterocycles. The summed E-state index contributed by atoms with van der Waals surface area (Å²) in [6, 6.07) is 3.33. The molecule has 1 aromatic carbocycles. The molecule has 2 aromatic rings. The normalized spacial score (nSPS) is 12.8. The average Bonchev–Trinajstić information content (AvgIpc) is 2.56. The van der Waals surface area contributed by atoms with Crippen LogP contribution in [-0.2, 0) is 0 Å². The highest BCUT2D eigenvalue weighted by atomic mass is 32.1. The number of hydrogen-bond donors (Lipinski definition) is 1. The lowest BCUT2D eigenvalue weighted by Crippen LogP contribution is -2.05. The third-order valence-electron chi connectivity index (χ3n) is 2.94. The molecular weight excluding hydrogens is 249 g/mol. The van der Waals surface area contributed by atoms with E-state index in [9.17, 15) is 9.50 Å². The molecule has 0 bridgehead atoms. The predicted octanol–water partition coefficient (Wildman–Crippen LogP) is 3.60. The Balaban J connectivity index is 2.52. The molecule has 1 heterocycles. The number of nitrogens with zero attached hydrogens (tertiary/aromatic N) is 1. The van der Waals surface area contributed by atoms with E-state index in [0.29, 0.717) is 5.56 Å². The van der Waals surface area contributed by atoms with E-state index in [1.807, 2.05) is 33.8 Å². The van der Waals surface area contributed by atoms with Crippen molar-refractivity contribution < 1.29 is 9.50 Å². The van der Waals surface area contributed by atoms with Crippen LogP contribution >= 0.6 is 11.3 Å². The molecule has 4 heteroatoms. The Morgan fingerprint density at radius 3 is 2.39 bits per heavy atom. The van der Waals surface area contributed by atoms with E-state index in [1.54, 1.807) is 0 Å². The van der Waals surface area contributed by atoms with Crippen LogP contribution in [0.25, 0.3) is 0 Å². The number of halogens is 1. The van der Waals surface area contributed by atoms with Crippen LogP contribution < -0.4 is 0 Å². The summed E-state index contributed by atoms with van der Waals surface area (Å²) in [5, 5.41) is 11.3. The second-order valence-electron chi connectivity index (χ2n) is 4.56. The van der Waals surface area contributed by atoms with E-state index >= 15 is 0 Å². The van der Waals surface area contributed by atoms with Gasteiger partial charge in [0.1, 0.15) is 11.9 Å². The second-order valence-corrected chi connectivity index (χ2v) is 5.80. The minimum atomic E-state index is -0.934. The summed E-state index contributed by atoms with van der Waals surface area (Å²) >= 11 is 1.41. The number of hydrogen-bond acceptors (Lipinski definition) is 3. The number of aromatic nitrogens is 1. The standard InChI is InChI=1S/C14H16FNOS/c1-7-5-8(2)12(11(15)6-7)13(17)14-9(3)16-10(4)18-14/h5-6,13,17H,1-4H3. The highest BCUT2D eigenvalue weighted by molar-refractivity contribution is 7.11. The number of aliphatic hydroxyl groups is 1. The maximum absolute atomic E-state index is 14.0. The van der Waals surface area contributed by atoms with Gasteiger partial charge in [0, 0.05) is 5.56 Å². The molecular formula is C14H16FNOS. The Morgan fingerprint density at radius 2 is 1.89 bits per heavy atom. The number of aliphatic hydroxyl groups excluding tert-OH is 1. The Bertz CT molecular complexity index is 568. The molecule has 0 aliphatic carbocycles. The summed E-state index contributed by atoms with van der Waals surface area (Å²) in [5.41, 5.74) is 2.75. The molecule has 96 valence electrons. The highest BCUT2D eigenvalue weighted by Gasteiger charge is 2.22. The van der Waals surface area contributed by atoms with E-state index in [1.165, 1.54) is 17.4 Å². The largest absolute Gasteiger partial charge is 0.383 e. The van der Waals surface area contributed by atoms with Crippen molar-refractivity contribution in [3.8, 4) is 0 Å². The number of benzene rings is 1. The van der Waals surface area contributed by atoms with E-state index in [-0.39, 0.29) is 5.82 Å². The Kier molecular flexibility index (Phi) is 3.50. The number of thiazole rings is 1.